The van der Waals surface area contributed by atoms with Crippen molar-refractivity contribution in [2.45, 2.75) is 11.3 Å². The predicted octanol–water partition coefficient (Wildman–Crippen LogP) is 2.67. The molecule has 2 heterocycles. The summed E-state index contributed by atoms with van der Waals surface area (Å²) in [6.45, 7) is 3.06. The number of thioether (sulfide) groups is 1. The summed E-state index contributed by atoms with van der Waals surface area (Å²) in [5.74, 6) is 1.94. The van der Waals surface area contributed by atoms with Gasteiger partial charge in [-0.1, -0.05) is 30.0 Å². The molecule has 0 unspecified atom stereocenters. The summed E-state index contributed by atoms with van der Waals surface area (Å²) in [7, 11) is 0. The minimum atomic E-state index is -0.240. The summed E-state index contributed by atoms with van der Waals surface area (Å²) in [6.07, 6.45) is 0. The van der Waals surface area contributed by atoms with Crippen LogP contribution in [0.1, 0.15) is 17.3 Å². The lowest BCUT2D eigenvalue weighted by Gasteiger charge is -2.18. The van der Waals surface area contributed by atoms with Crippen molar-refractivity contribution < 1.29 is 14.3 Å². The monoisotopic (exact) mass is 323 g/mol. The van der Waals surface area contributed by atoms with E-state index in [1.165, 1.54) is 11.3 Å². The number of carbonyl (C=O) groups is 1. The Kier molecular flexibility index (Phi) is 4.26. The van der Waals surface area contributed by atoms with Crippen LogP contribution in [0.2, 0.25) is 0 Å². The lowest BCUT2D eigenvalue weighted by molar-refractivity contribution is 0.102. The van der Waals surface area contributed by atoms with Crippen LogP contribution in [0, 0.1) is 0 Å². The van der Waals surface area contributed by atoms with Crippen molar-refractivity contribution >= 4 is 34.1 Å². The molecule has 0 saturated heterocycles. The van der Waals surface area contributed by atoms with E-state index >= 15 is 0 Å². The maximum absolute atomic E-state index is 12.2. The van der Waals surface area contributed by atoms with Gasteiger partial charge in [-0.05, 0) is 24.0 Å². The van der Waals surface area contributed by atoms with E-state index in [2.05, 4.69) is 15.5 Å². The molecule has 0 aliphatic carbocycles. The van der Waals surface area contributed by atoms with E-state index in [0.29, 0.717) is 35.4 Å². The normalized spacial score (nSPS) is 13.0. The number of anilines is 1. The summed E-state index contributed by atoms with van der Waals surface area (Å²) in [4.78, 5) is 12.2. The summed E-state index contributed by atoms with van der Waals surface area (Å²) in [5, 5.41) is 11.2. The fraction of sp³-hybridized carbons (Fsp3) is 0.308. The first-order chi connectivity index (χ1) is 10.3. The zero-order valence-corrected chi connectivity index (χ0v) is 12.9. The minimum Gasteiger partial charge on any atom is -0.486 e. The molecule has 0 bridgehead atoms. The second kappa shape index (κ2) is 6.31. The van der Waals surface area contributed by atoms with Crippen molar-refractivity contribution in [3.05, 3.63) is 23.8 Å². The first kappa shape index (κ1) is 14.2. The average Bonchev–Trinajstić information content (AvgIpc) is 2.94. The van der Waals surface area contributed by atoms with Gasteiger partial charge in [-0.15, -0.1) is 10.2 Å². The Morgan fingerprint density at radius 1 is 1.33 bits per heavy atom. The van der Waals surface area contributed by atoms with E-state index in [1.54, 1.807) is 30.0 Å². The summed E-state index contributed by atoms with van der Waals surface area (Å²) in [6, 6.07) is 5.11. The minimum absolute atomic E-state index is 0.240. The fourth-order valence-electron chi connectivity index (χ4n) is 1.80. The smallest absolute Gasteiger partial charge is 0.257 e. The molecule has 6 nitrogen and oxygen atoms in total. The molecule has 1 aliphatic rings. The molecule has 0 fully saturated rings. The quantitative estimate of drug-likeness (QED) is 0.689. The summed E-state index contributed by atoms with van der Waals surface area (Å²) in [5.41, 5.74) is 0.499. The molecular formula is C13H13N3O3S2. The summed E-state index contributed by atoms with van der Waals surface area (Å²) >= 11 is 2.96. The van der Waals surface area contributed by atoms with E-state index in [4.69, 9.17) is 9.47 Å². The van der Waals surface area contributed by atoms with Crippen molar-refractivity contribution in [2.24, 2.45) is 0 Å². The van der Waals surface area contributed by atoms with Crippen molar-refractivity contribution in [1.82, 2.24) is 10.2 Å². The fourth-order valence-corrected chi connectivity index (χ4v) is 3.44. The molecule has 0 saturated carbocycles. The highest BCUT2D eigenvalue weighted by molar-refractivity contribution is 8.01. The molecule has 0 spiro atoms. The third kappa shape index (κ3) is 3.27. The molecule has 1 aromatic heterocycles. The third-order valence-corrected chi connectivity index (χ3v) is 4.55. The number of carbonyl (C=O) groups excluding carboxylic acids is 1. The van der Waals surface area contributed by atoms with E-state index in [9.17, 15) is 4.79 Å². The molecule has 3 rings (SSSR count). The van der Waals surface area contributed by atoms with Crippen LogP contribution in [0.15, 0.2) is 22.5 Å². The van der Waals surface area contributed by atoms with Crippen LogP contribution in [0.5, 0.6) is 11.5 Å². The largest absolute Gasteiger partial charge is 0.486 e. The van der Waals surface area contributed by atoms with Gasteiger partial charge in [0.25, 0.3) is 5.91 Å². The van der Waals surface area contributed by atoms with Crippen molar-refractivity contribution in [3.8, 4) is 11.5 Å². The van der Waals surface area contributed by atoms with Gasteiger partial charge in [0.2, 0.25) is 5.13 Å². The molecule has 110 valence electrons. The van der Waals surface area contributed by atoms with Crippen LogP contribution in [-0.2, 0) is 0 Å². The first-order valence-electron chi connectivity index (χ1n) is 6.43. The lowest BCUT2D eigenvalue weighted by atomic mass is 10.2. The maximum Gasteiger partial charge on any atom is 0.257 e. The van der Waals surface area contributed by atoms with Gasteiger partial charge in [0.05, 0.1) is 0 Å². The molecule has 2 aromatic rings. The van der Waals surface area contributed by atoms with E-state index in [-0.39, 0.29) is 5.91 Å². The van der Waals surface area contributed by atoms with Crippen LogP contribution >= 0.6 is 23.1 Å². The van der Waals surface area contributed by atoms with Crippen molar-refractivity contribution in [3.63, 3.8) is 0 Å². The Morgan fingerprint density at radius 3 is 2.95 bits per heavy atom. The molecule has 1 amide bonds. The SMILES string of the molecule is CCSc1nnc(NC(=O)c2ccc3c(c2)OCCO3)s1. The van der Waals surface area contributed by atoms with Gasteiger partial charge in [-0.25, -0.2) is 0 Å². The number of nitrogens with zero attached hydrogens (tertiary/aromatic N) is 2. The zero-order chi connectivity index (χ0) is 14.7. The van der Waals surface area contributed by atoms with Gasteiger partial charge < -0.3 is 9.47 Å². The van der Waals surface area contributed by atoms with Crippen molar-refractivity contribution in [2.75, 3.05) is 24.3 Å². The molecule has 1 aromatic carbocycles. The number of hydrogen-bond donors (Lipinski definition) is 1. The van der Waals surface area contributed by atoms with E-state index in [1.807, 2.05) is 6.92 Å². The number of aromatic nitrogens is 2. The van der Waals surface area contributed by atoms with Crippen LogP contribution in [0.25, 0.3) is 0 Å². The summed E-state index contributed by atoms with van der Waals surface area (Å²) < 4.78 is 11.7. The molecular weight excluding hydrogens is 310 g/mol. The Bertz CT molecular complexity index is 660. The number of hydrogen-bond acceptors (Lipinski definition) is 7. The Morgan fingerprint density at radius 2 is 2.14 bits per heavy atom. The second-order valence-corrected chi connectivity index (χ2v) is 6.61. The molecule has 1 N–H and O–H groups in total. The number of benzene rings is 1. The van der Waals surface area contributed by atoms with Gasteiger partial charge in [0, 0.05) is 5.56 Å². The van der Waals surface area contributed by atoms with E-state index < -0.39 is 0 Å². The highest BCUT2D eigenvalue weighted by Gasteiger charge is 2.16. The van der Waals surface area contributed by atoms with Gasteiger partial charge in [0.1, 0.15) is 13.2 Å². The van der Waals surface area contributed by atoms with Crippen molar-refractivity contribution in [1.29, 1.82) is 0 Å². The number of fused-ring (bicyclic) bond motifs is 1. The third-order valence-electron chi connectivity index (χ3n) is 2.70. The van der Waals surface area contributed by atoms with Crippen LogP contribution in [0.4, 0.5) is 5.13 Å². The van der Waals surface area contributed by atoms with Crippen LogP contribution in [-0.4, -0.2) is 35.1 Å². The predicted molar refractivity (Wildman–Crippen MR) is 81.7 cm³/mol. The number of ether oxygens (including phenoxy) is 2. The van der Waals surface area contributed by atoms with Crippen LogP contribution < -0.4 is 14.8 Å². The first-order valence-corrected chi connectivity index (χ1v) is 8.24. The number of nitrogens with one attached hydrogen (secondary N) is 1. The Labute approximate surface area is 129 Å². The molecule has 0 atom stereocenters. The molecule has 21 heavy (non-hydrogen) atoms. The topological polar surface area (TPSA) is 73.3 Å². The number of rotatable bonds is 4. The maximum atomic E-state index is 12.2. The van der Waals surface area contributed by atoms with E-state index in [0.717, 1.165) is 10.1 Å². The molecule has 8 heteroatoms. The zero-order valence-electron chi connectivity index (χ0n) is 11.3. The highest BCUT2D eigenvalue weighted by atomic mass is 32.2. The lowest BCUT2D eigenvalue weighted by Crippen LogP contribution is -2.17. The molecule has 1 aliphatic heterocycles. The standard InChI is InChI=1S/C13H13N3O3S2/c1-2-20-13-16-15-12(21-13)14-11(17)8-3-4-9-10(7-8)19-6-5-18-9/h3-4,7H,2,5-6H2,1H3,(H,14,15,17). The Hall–Kier alpha value is -1.80. The van der Waals surface area contributed by atoms with Gasteiger partial charge in [0.15, 0.2) is 15.8 Å². The molecule has 0 radical (unpaired) electrons. The highest BCUT2D eigenvalue weighted by Crippen LogP contribution is 2.31. The van der Waals surface area contributed by atoms with Gasteiger partial charge in [-0.2, -0.15) is 0 Å². The average molecular weight is 323 g/mol. The van der Waals surface area contributed by atoms with Crippen LogP contribution in [0.3, 0.4) is 0 Å². The second-order valence-electron chi connectivity index (χ2n) is 4.12. The number of amides is 1. The van der Waals surface area contributed by atoms with Gasteiger partial charge >= 0.3 is 0 Å². The Balaban J connectivity index is 1.72. The van der Waals surface area contributed by atoms with Gasteiger partial charge in [-0.3, -0.25) is 10.1 Å².